The number of hydrogen-bond acceptors (Lipinski definition) is 3. The summed E-state index contributed by atoms with van der Waals surface area (Å²) in [6.07, 6.45) is 4.68. The minimum atomic E-state index is -0.0195. The van der Waals surface area contributed by atoms with Gasteiger partial charge in [0.15, 0.2) is 0 Å². The first kappa shape index (κ1) is 14.4. The van der Waals surface area contributed by atoms with Crippen molar-refractivity contribution in [1.29, 1.82) is 0 Å². The highest BCUT2D eigenvalue weighted by atomic mass is 15.0. The predicted octanol–water partition coefficient (Wildman–Crippen LogP) is 2.69. The smallest absolute Gasteiger partial charge is 0.0486 e. The average molecular weight is 306 g/mol. The summed E-state index contributed by atoms with van der Waals surface area (Å²) in [6.45, 7) is 4.95. The molecule has 0 bridgehead atoms. The lowest BCUT2D eigenvalue weighted by Gasteiger charge is -2.20. The van der Waals surface area contributed by atoms with E-state index in [9.17, 15) is 0 Å². The van der Waals surface area contributed by atoms with Gasteiger partial charge >= 0.3 is 0 Å². The number of aromatic nitrogens is 2. The monoisotopic (exact) mass is 306 g/mol. The minimum Gasteiger partial charge on any atom is -0.342 e. The second-order valence-corrected chi connectivity index (χ2v) is 6.37. The number of aryl methyl sites for hydroxylation is 1. The summed E-state index contributed by atoms with van der Waals surface area (Å²) in [7, 11) is 0. The maximum atomic E-state index is 6.48. The highest BCUT2D eigenvalue weighted by Crippen LogP contribution is 2.30. The second-order valence-electron chi connectivity index (χ2n) is 6.37. The van der Waals surface area contributed by atoms with E-state index in [1.165, 1.54) is 27.7 Å². The van der Waals surface area contributed by atoms with Crippen LogP contribution in [0.2, 0.25) is 0 Å². The Morgan fingerprint density at radius 2 is 2.09 bits per heavy atom. The van der Waals surface area contributed by atoms with Crippen molar-refractivity contribution in [2.24, 2.45) is 5.73 Å². The number of benzene rings is 1. The van der Waals surface area contributed by atoms with E-state index in [2.05, 4.69) is 40.0 Å². The van der Waals surface area contributed by atoms with Crippen LogP contribution < -0.4 is 11.1 Å². The molecule has 3 heterocycles. The van der Waals surface area contributed by atoms with Gasteiger partial charge in [-0.2, -0.15) is 0 Å². The molecule has 0 amide bonds. The van der Waals surface area contributed by atoms with Crippen LogP contribution in [-0.4, -0.2) is 16.1 Å². The molecule has 1 unspecified atom stereocenters. The normalized spacial score (nSPS) is 15.6. The molecule has 1 aliphatic rings. The molecule has 0 saturated carbocycles. The second kappa shape index (κ2) is 5.80. The molecule has 1 aromatic carbocycles. The highest BCUT2D eigenvalue weighted by molar-refractivity contribution is 5.86. The molecule has 23 heavy (non-hydrogen) atoms. The lowest BCUT2D eigenvalue weighted by Crippen LogP contribution is -2.26. The van der Waals surface area contributed by atoms with Crippen LogP contribution in [0.3, 0.4) is 0 Å². The van der Waals surface area contributed by atoms with Gasteiger partial charge in [-0.15, -0.1) is 0 Å². The zero-order valence-electron chi connectivity index (χ0n) is 13.4. The third-order valence-corrected chi connectivity index (χ3v) is 4.80. The van der Waals surface area contributed by atoms with Crippen molar-refractivity contribution < 1.29 is 0 Å². The summed E-state index contributed by atoms with van der Waals surface area (Å²) >= 11 is 0. The van der Waals surface area contributed by atoms with Crippen LogP contribution in [0.4, 0.5) is 0 Å². The van der Waals surface area contributed by atoms with Crippen LogP contribution >= 0.6 is 0 Å². The van der Waals surface area contributed by atoms with Gasteiger partial charge in [0.25, 0.3) is 0 Å². The fraction of sp³-hybridized carbons (Fsp3) is 0.316. The molecule has 0 aliphatic carbocycles. The maximum Gasteiger partial charge on any atom is 0.0486 e. The topological polar surface area (TPSA) is 55.9 Å². The van der Waals surface area contributed by atoms with Gasteiger partial charge in [0, 0.05) is 61.1 Å². The van der Waals surface area contributed by atoms with Crippen molar-refractivity contribution in [1.82, 2.24) is 14.9 Å². The molecular weight excluding hydrogens is 284 g/mol. The van der Waals surface area contributed by atoms with Crippen LogP contribution in [0, 0.1) is 6.92 Å². The summed E-state index contributed by atoms with van der Waals surface area (Å²) in [5.41, 5.74) is 13.1. The van der Waals surface area contributed by atoms with Gasteiger partial charge in [-0.25, -0.2) is 0 Å². The largest absolute Gasteiger partial charge is 0.342 e. The third kappa shape index (κ3) is 2.54. The number of nitrogens with one attached hydrogen (secondary N) is 1. The molecule has 1 atom stereocenters. The molecule has 3 N–H and O–H groups in total. The first-order chi connectivity index (χ1) is 11.2. The lowest BCUT2D eigenvalue weighted by molar-refractivity contribution is 0.546. The molecule has 4 rings (SSSR count). The number of pyridine rings is 1. The number of fused-ring (bicyclic) bond motifs is 3. The van der Waals surface area contributed by atoms with Crippen molar-refractivity contribution in [3.05, 3.63) is 65.1 Å². The summed E-state index contributed by atoms with van der Waals surface area (Å²) in [4.78, 5) is 4.08. The molecule has 0 radical (unpaired) electrons. The number of nitrogens with two attached hydrogens (primary N) is 1. The van der Waals surface area contributed by atoms with Gasteiger partial charge < -0.3 is 15.6 Å². The number of nitrogens with zero attached hydrogens (tertiary/aromatic N) is 2. The first-order valence-electron chi connectivity index (χ1n) is 8.21. The minimum absolute atomic E-state index is 0.0195. The van der Waals surface area contributed by atoms with Gasteiger partial charge in [-0.3, -0.25) is 4.98 Å². The highest BCUT2D eigenvalue weighted by Gasteiger charge is 2.21. The molecule has 0 fully saturated rings. The Hall–Kier alpha value is -2.17. The molecular formula is C19H22N4. The van der Waals surface area contributed by atoms with Crippen molar-refractivity contribution >= 4 is 10.9 Å². The van der Waals surface area contributed by atoms with E-state index in [0.29, 0.717) is 0 Å². The van der Waals surface area contributed by atoms with Crippen molar-refractivity contribution in [2.75, 3.05) is 6.54 Å². The summed E-state index contributed by atoms with van der Waals surface area (Å²) in [5.74, 6) is 0. The van der Waals surface area contributed by atoms with E-state index >= 15 is 0 Å². The Balaban J connectivity index is 1.80. The molecule has 0 saturated heterocycles. The van der Waals surface area contributed by atoms with Crippen molar-refractivity contribution in [2.45, 2.75) is 32.5 Å². The summed E-state index contributed by atoms with van der Waals surface area (Å²) in [5, 5.41) is 4.87. The predicted molar refractivity (Wildman–Crippen MR) is 93.3 cm³/mol. The van der Waals surface area contributed by atoms with Gasteiger partial charge in [0.05, 0.1) is 0 Å². The molecule has 2 aromatic heterocycles. The fourth-order valence-electron chi connectivity index (χ4n) is 3.62. The van der Waals surface area contributed by atoms with Crippen LogP contribution in [-0.2, 0) is 19.5 Å². The van der Waals surface area contributed by atoms with E-state index in [-0.39, 0.29) is 6.04 Å². The van der Waals surface area contributed by atoms with Crippen molar-refractivity contribution in [3.8, 4) is 0 Å². The molecule has 4 nitrogen and oxygen atoms in total. The molecule has 0 spiro atoms. The van der Waals surface area contributed by atoms with Crippen LogP contribution in [0.1, 0.15) is 28.4 Å². The Bertz CT molecular complexity index is 835. The van der Waals surface area contributed by atoms with E-state index in [1.54, 1.807) is 0 Å². The molecule has 118 valence electrons. The quantitative estimate of drug-likeness (QED) is 0.782. The summed E-state index contributed by atoms with van der Waals surface area (Å²) in [6, 6.07) is 10.7. The van der Waals surface area contributed by atoms with Gasteiger partial charge in [0.2, 0.25) is 0 Å². The fourth-order valence-corrected chi connectivity index (χ4v) is 3.62. The Morgan fingerprint density at radius 1 is 1.26 bits per heavy atom. The summed E-state index contributed by atoms with van der Waals surface area (Å²) < 4.78 is 2.43. The van der Waals surface area contributed by atoms with E-state index < -0.39 is 0 Å². The maximum absolute atomic E-state index is 6.48. The van der Waals surface area contributed by atoms with Gasteiger partial charge in [-0.1, -0.05) is 11.6 Å². The molecule has 3 aromatic rings. The molecule has 1 aliphatic heterocycles. The van der Waals surface area contributed by atoms with Crippen LogP contribution in [0.25, 0.3) is 10.9 Å². The van der Waals surface area contributed by atoms with Crippen LogP contribution in [0.15, 0.2) is 42.7 Å². The zero-order chi connectivity index (χ0) is 15.8. The lowest BCUT2D eigenvalue weighted by atomic mass is 10.0. The zero-order valence-corrected chi connectivity index (χ0v) is 13.4. The SMILES string of the molecule is Cc1ccc2c(c1)c1c(n2CC(N)c2ccncc2)CCNC1. The standard InChI is InChI=1S/C19H22N4/c1-13-2-3-18-15(10-13)16-11-22-9-6-19(16)23(18)12-17(20)14-4-7-21-8-5-14/h2-5,7-8,10,17,22H,6,9,11-12,20H2,1H3. The number of hydrogen-bond donors (Lipinski definition) is 2. The molecule has 4 heteroatoms. The average Bonchev–Trinajstić information content (AvgIpc) is 2.89. The van der Waals surface area contributed by atoms with E-state index in [1.807, 2.05) is 24.5 Å². The van der Waals surface area contributed by atoms with Gasteiger partial charge in [-0.05, 0) is 42.3 Å². The van der Waals surface area contributed by atoms with E-state index in [4.69, 9.17) is 5.73 Å². The van der Waals surface area contributed by atoms with E-state index in [0.717, 1.165) is 31.6 Å². The van der Waals surface area contributed by atoms with Crippen LogP contribution in [0.5, 0.6) is 0 Å². The first-order valence-corrected chi connectivity index (χ1v) is 8.21. The Labute approximate surface area is 136 Å². The van der Waals surface area contributed by atoms with Gasteiger partial charge in [0.1, 0.15) is 0 Å². The number of rotatable bonds is 3. The Morgan fingerprint density at radius 3 is 2.91 bits per heavy atom. The third-order valence-electron chi connectivity index (χ3n) is 4.80. The Kier molecular flexibility index (Phi) is 3.63. The van der Waals surface area contributed by atoms with Crippen molar-refractivity contribution in [3.63, 3.8) is 0 Å².